The van der Waals surface area contributed by atoms with Gasteiger partial charge in [-0.25, -0.2) is 0 Å². The Balaban J connectivity index is 1.44. The maximum atomic E-state index is 12.0. The fourth-order valence-corrected chi connectivity index (χ4v) is 4.18. The molecule has 1 aromatic heterocycles. The Hall–Kier alpha value is -0.910. The second-order valence-corrected chi connectivity index (χ2v) is 6.89. The molecule has 4 nitrogen and oxygen atoms in total. The molecule has 3 rings (SSSR count). The van der Waals surface area contributed by atoms with Crippen molar-refractivity contribution < 1.29 is 4.79 Å². The Bertz CT molecular complexity index is 442. The molecule has 20 heavy (non-hydrogen) atoms. The van der Waals surface area contributed by atoms with Crippen molar-refractivity contribution in [2.24, 2.45) is 0 Å². The van der Waals surface area contributed by atoms with Crippen LogP contribution < -0.4 is 10.6 Å². The van der Waals surface area contributed by atoms with Crippen LogP contribution in [-0.2, 0) is 24.2 Å². The minimum absolute atomic E-state index is 0.153. The quantitative estimate of drug-likeness (QED) is 0.875. The molecule has 1 amide bonds. The molecule has 1 aromatic rings. The van der Waals surface area contributed by atoms with Crippen LogP contribution in [-0.4, -0.2) is 43.5 Å². The number of fused-ring (bicyclic) bond motifs is 1. The summed E-state index contributed by atoms with van der Waals surface area (Å²) in [5, 5.41) is 6.42. The summed E-state index contributed by atoms with van der Waals surface area (Å²) in [4.78, 5) is 17.1. The molecule has 5 heteroatoms. The third kappa shape index (κ3) is 3.59. The first-order valence-corrected chi connectivity index (χ1v) is 8.43. The van der Waals surface area contributed by atoms with Crippen LogP contribution in [0.1, 0.15) is 28.2 Å². The zero-order valence-electron chi connectivity index (χ0n) is 11.9. The summed E-state index contributed by atoms with van der Waals surface area (Å²) in [5.41, 5.74) is 1.51. The van der Waals surface area contributed by atoms with Gasteiger partial charge in [0, 0.05) is 22.8 Å². The van der Waals surface area contributed by atoms with Crippen molar-refractivity contribution in [1.82, 2.24) is 15.5 Å². The minimum Gasteiger partial charge on any atom is -0.350 e. The molecule has 0 saturated carbocycles. The van der Waals surface area contributed by atoms with Crippen molar-refractivity contribution in [2.45, 2.75) is 32.2 Å². The Morgan fingerprint density at radius 3 is 3.15 bits per heavy atom. The summed E-state index contributed by atoms with van der Waals surface area (Å²) in [5.74, 6) is 0.153. The zero-order chi connectivity index (χ0) is 13.8. The molecule has 0 bridgehead atoms. The van der Waals surface area contributed by atoms with Gasteiger partial charge in [0.2, 0.25) is 5.91 Å². The highest BCUT2D eigenvalue weighted by molar-refractivity contribution is 7.12. The molecule has 2 heterocycles. The number of thiophene rings is 1. The van der Waals surface area contributed by atoms with E-state index in [0.717, 1.165) is 32.6 Å². The van der Waals surface area contributed by atoms with Crippen LogP contribution in [0.25, 0.3) is 0 Å². The number of rotatable bonds is 4. The molecule has 0 aromatic carbocycles. The number of nitrogens with one attached hydrogen (secondary N) is 2. The van der Waals surface area contributed by atoms with Gasteiger partial charge < -0.3 is 10.6 Å². The van der Waals surface area contributed by atoms with Crippen molar-refractivity contribution in [3.05, 3.63) is 21.4 Å². The maximum Gasteiger partial charge on any atom is 0.234 e. The number of carbonyl (C=O) groups is 1. The summed E-state index contributed by atoms with van der Waals surface area (Å²) in [6.07, 6.45) is 4.89. The van der Waals surface area contributed by atoms with E-state index in [-0.39, 0.29) is 5.91 Å². The van der Waals surface area contributed by atoms with Gasteiger partial charge in [0.15, 0.2) is 0 Å². The minimum atomic E-state index is 0.153. The van der Waals surface area contributed by atoms with Gasteiger partial charge >= 0.3 is 0 Å². The predicted molar refractivity (Wildman–Crippen MR) is 82.1 cm³/mol. The predicted octanol–water partition coefficient (Wildman–Crippen LogP) is 1.15. The van der Waals surface area contributed by atoms with Crippen LogP contribution in [0.2, 0.25) is 0 Å². The number of nitrogens with zero attached hydrogens (tertiary/aromatic N) is 1. The van der Waals surface area contributed by atoms with E-state index in [1.54, 1.807) is 0 Å². The summed E-state index contributed by atoms with van der Waals surface area (Å²) >= 11 is 1.88. The van der Waals surface area contributed by atoms with Gasteiger partial charge in [0.05, 0.1) is 13.1 Å². The van der Waals surface area contributed by atoms with E-state index < -0.39 is 0 Å². The molecule has 2 N–H and O–H groups in total. The summed E-state index contributed by atoms with van der Waals surface area (Å²) in [6.45, 7) is 5.29. The molecule has 2 aliphatic rings. The van der Waals surface area contributed by atoms with Crippen LogP contribution in [0.5, 0.6) is 0 Å². The van der Waals surface area contributed by atoms with E-state index in [0.29, 0.717) is 13.1 Å². The normalized spacial score (nSPS) is 19.6. The Labute approximate surface area is 124 Å². The van der Waals surface area contributed by atoms with Crippen molar-refractivity contribution in [2.75, 3.05) is 32.7 Å². The van der Waals surface area contributed by atoms with Gasteiger partial charge in [-0.3, -0.25) is 9.69 Å². The smallest absolute Gasteiger partial charge is 0.234 e. The van der Waals surface area contributed by atoms with E-state index in [4.69, 9.17) is 0 Å². The van der Waals surface area contributed by atoms with Gasteiger partial charge in [-0.1, -0.05) is 0 Å². The summed E-state index contributed by atoms with van der Waals surface area (Å²) in [7, 11) is 0. The van der Waals surface area contributed by atoms with Gasteiger partial charge in [-0.05, 0) is 50.4 Å². The molecule has 0 unspecified atom stereocenters. The fourth-order valence-electron chi connectivity index (χ4n) is 2.98. The van der Waals surface area contributed by atoms with Crippen LogP contribution in [0.15, 0.2) is 6.07 Å². The molecule has 0 radical (unpaired) electrons. The first kappa shape index (κ1) is 14.0. The number of carbonyl (C=O) groups excluding carboxylic acids is 1. The lowest BCUT2D eigenvalue weighted by Crippen LogP contribution is -2.38. The molecular weight excluding hydrogens is 270 g/mol. The maximum absolute atomic E-state index is 12.0. The molecule has 1 aliphatic heterocycles. The number of amides is 1. The molecular formula is C15H23N3OS. The lowest BCUT2D eigenvalue weighted by Gasteiger charge is -2.18. The highest BCUT2D eigenvalue weighted by Gasteiger charge is 2.16. The SMILES string of the molecule is O=C(CN1CCCNCC1)NCc1cc2c(s1)CCC2. The van der Waals surface area contributed by atoms with Crippen LogP contribution in [0.4, 0.5) is 0 Å². The second kappa shape index (κ2) is 6.70. The highest BCUT2D eigenvalue weighted by Crippen LogP contribution is 2.30. The topological polar surface area (TPSA) is 44.4 Å². The third-order valence-corrected chi connectivity index (χ3v) is 5.29. The molecule has 110 valence electrons. The van der Waals surface area contributed by atoms with E-state index >= 15 is 0 Å². The lowest BCUT2D eigenvalue weighted by molar-refractivity contribution is -0.122. The Morgan fingerprint density at radius 1 is 1.30 bits per heavy atom. The van der Waals surface area contributed by atoms with Crippen molar-refractivity contribution in [3.8, 4) is 0 Å². The molecule has 0 atom stereocenters. The first-order valence-electron chi connectivity index (χ1n) is 7.61. The number of aryl methyl sites for hydroxylation is 2. The average molecular weight is 293 g/mol. The number of hydrogen-bond acceptors (Lipinski definition) is 4. The largest absolute Gasteiger partial charge is 0.350 e. The molecule has 1 saturated heterocycles. The fraction of sp³-hybridized carbons (Fsp3) is 0.667. The van der Waals surface area contributed by atoms with Gasteiger partial charge in [0.25, 0.3) is 0 Å². The zero-order valence-corrected chi connectivity index (χ0v) is 12.7. The number of hydrogen-bond donors (Lipinski definition) is 2. The van der Waals surface area contributed by atoms with Crippen molar-refractivity contribution in [1.29, 1.82) is 0 Å². The second-order valence-electron chi connectivity index (χ2n) is 5.67. The lowest BCUT2D eigenvalue weighted by atomic mass is 10.2. The van der Waals surface area contributed by atoms with E-state index in [1.165, 1.54) is 34.6 Å². The third-order valence-electron chi connectivity index (χ3n) is 4.06. The van der Waals surface area contributed by atoms with Gasteiger partial charge in [-0.2, -0.15) is 0 Å². The van der Waals surface area contributed by atoms with E-state index in [1.807, 2.05) is 11.3 Å². The highest BCUT2D eigenvalue weighted by atomic mass is 32.1. The summed E-state index contributed by atoms with van der Waals surface area (Å²) in [6, 6.07) is 2.28. The Kier molecular flexibility index (Phi) is 4.70. The Morgan fingerprint density at radius 2 is 2.25 bits per heavy atom. The molecule has 0 spiro atoms. The average Bonchev–Trinajstić information content (AvgIpc) is 2.91. The monoisotopic (exact) mass is 293 g/mol. The van der Waals surface area contributed by atoms with E-state index in [9.17, 15) is 4.79 Å². The van der Waals surface area contributed by atoms with Gasteiger partial charge in [0.1, 0.15) is 0 Å². The van der Waals surface area contributed by atoms with Crippen molar-refractivity contribution in [3.63, 3.8) is 0 Å². The van der Waals surface area contributed by atoms with E-state index in [2.05, 4.69) is 21.6 Å². The molecule has 1 aliphatic carbocycles. The summed E-state index contributed by atoms with van der Waals surface area (Å²) < 4.78 is 0. The van der Waals surface area contributed by atoms with Crippen LogP contribution in [0, 0.1) is 0 Å². The van der Waals surface area contributed by atoms with Crippen LogP contribution in [0.3, 0.4) is 0 Å². The standard InChI is InChI=1S/C15H23N3OS/c19-15(11-18-7-2-5-16-6-8-18)17-10-13-9-12-3-1-4-14(12)20-13/h9,16H,1-8,10-11H2,(H,17,19). The van der Waals surface area contributed by atoms with Crippen LogP contribution >= 0.6 is 11.3 Å². The first-order chi connectivity index (χ1) is 9.81. The molecule has 1 fully saturated rings. The van der Waals surface area contributed by atoms with Crippen molar-refractivity contribution >= 4 is 17.2 Å². The van der Waals surface area contributed by atoms with Gasteiger partial charge in [-0.15, -0.1) is 11.3 Å².